The second kappa shape index (κ2) is 11.4. The third-order valence-electron chi connectivity index (χ3n) is 5.24. The number of carbonyl (C=O) groups is 2. The van der Waals surface area contributed by atoms with Crippen LogP contribution in [0.1, 0.15) is 41.1 Å². The maximum atomic E-state index is 13.2. The van der Waals surface area contributed by atoms with Crippen LogP contribution in [0.25, 0.3) is 0 Å². The van der Waals surface area contributed by atoms with Crippen LogP contribution in [-0.4, -0.2) is 47.9 Å². The van der Waals surface area contributed by atoms with Crippen molar-refractivity contribution in [3.63, 3.8) is 0 Å². The van der Waals surface area contributed by atoms with E-state index in [1.807, 2.05) is 0 Å². The lowest BCUT2D eigenvalue weighted by Crippen LogP contribution is -2.32. The molecule has 2 amide bonds. The number of thiophene rings is 1. The van der Waals surface area contributed by atoms with E-state index in [2.05, 4.69) is 20.6 Å². The van der Waals surface area contributed by atoms with Crippen molar-refractivity contribution in [1.29, 1.82) is 0 Å². The molecule has 0 fully saturated rings. The number of fused-ring (bicyclic) bond motifs is 1. The van der Waals surface area contributed by atoms with Crippen molar-refractivity contribution in [1.82, 2.24) is 10.3 Å². The monoisotopic (exact) mass is 543 g/mol. The van der Waals surface area contributed by atoms with Crippen molar-refractivity contribution in [2.24, 2.45) is 10.7 Å². The number of aromatic nitrogens is 1. The molecule has 1 aliphatic carbocycles. The first-order chi connectivity index (χ1) is 16.9. The second-order valence-corrected chi connectivity index (χ2v) is 9.81. The fourth-order valence-corrected chi connectivity index (χ4v) is 5.01. The highest BCUT2D eigenvalue weighted by Gasteiger charge is 2.33. The van der Waals surface area contributed by atoms with Gasteiger partial charge < -0.3 is 21.1 Å². The zero-order valence-electron chi connectivity index (χ0n) is 19.7. The summed E-state index contributed by atoms with van der Waals surface area (Å²) < 4.78 is 44.9. The van der Waals surface area contributed by atoms with Crippen LogP contribution in [0.5, 0.6) is 0 Å². The molecule has 0 aromatic carbocycles. The number of anilines is 1. The largest absolute Gasteiger partial charge is 0.430 e. The van der Waals surface area contributed by atoms with Gasteiger partial charge in [0.15, 0.2) is 5.82 Å². The molecule has 8 nitrogen and oxygen atoms in total. The summed E-state index contributed by atoms with van der Waals surface area (Å²) in [6, 6.07) is 2.75. The minimum atomic E-state index is -4.89. The average molecular weight is 544 g/mol. The lowest BCUT2D eigenvalue weighted by molar-refractivity contribution is -0.110. The molecule has 0 saturated heterocycles. The van der Waals surface area contributed by atoms with E-state index in [0.717, 1.165) is 10.4 Å². The van der Waals surface area contributed by atoms with Crippen molar-refractivity contribution < 1.29 is 27.5 Å². The normalized spacial score (nSPS) is 16.6. The lowest BCUT2D eigenvalue weighted by atomic mass is 9.93. The molecule has 36 heavy (non-hydrogen) atoms. The summed E-state index contributed by atoms with van der Waals surface area (Å²) in [4.78, 5) is 34.9. The van der Waals surface area contributed by atoms with Crippen LogP contribution in [0.3, 0.4) is 0 Å². The first-order valence-corrected chi connectivity index (χ1v) is 12.1. The Morgan fingerprint density at radius 2 is 2.11 bits per heavy atom. The second-order valence-electron chi connectivity index (χ2n) is 8.29. The molecule has 1 aliphatic rings. The van der Waals surface area contributed by atoms with Gasteiger partial charge in [0.1, 0.15) is 16.4 Å². The standard InChI is InChI=1S/C23H25ClF3N5O3S/c1-11(2)30-21(34)18-13-7-6-12(35-3)9-16(13)36-22(18)32-20(33)15(10-17(28)23(25,26)27)31-19-14(24)5-4-8-29-19/h4-5,8,10-12H,6-7,9,28H2,1-3H3,(H,30,34)(H,32,33). The van der Waals surface area contributed by atoms with Crippen molar-refractivity contribution in [3.05, 3.63) is 51.1 Å². The number of hydrogen-bond donors (Lipinski definition) is 3. The lowest BCUT2D eigenvalue weighted by Gasteiger charge is -2.21. The maximum Gasteiger partial charge on any atom is 0.430 e. The molecule has 13 heteroatoms. The third kappa shape index (κ3) is 6.62. The van der Waals surface area contributed by atoms with E-state index in [9.17, 15) is 22.8 Å². The van der Waals surface area contributed by atoms with Gasteiger partial charge in [0.2, 0.25) is 0 Å². The molecular formula is C23H25ClF3N5O3S. The summed E-state index contributed by atoms with van der Waals surface area (Å²) in [5, 5.41) is 5.59. The van der Waals surface area contributed by atoms with E-state index in [1.54, 1.807) is 21.0 Å². The van der Waals surface area contributed by atoms with Crippen molar-refractivity contribution in [2.75, 3.05) is 12.4 Å². The van der Waals surface area contributed by atoms with E-state index in [1.165, 1.54) is 29.7 Å². The van der Waals surface area contributed by atoms with Crippen LogP contribution < -0.4 is 16.4 Å². The van der Waals surface area contributed by atoms with Crippen LogP contribution in [0.2, 0.25) is 5.02 Å². The first-order valence-electron chi connectivity index (χ1n) is 10.9. The molecule has 0 aliphatic heterocycles. The van der Waals surface area contributed by atoms with E-state index in [0.29, 0.717) is 25.3 Å². The number of nitrogens with zero attached hydrogens (tertiary/aromatic N) is 2. The summed E-state index contributed by atoms with van der Waals surface area (Å²) in [5.41, 5.74) is 4.00. The Hall–Kier alpha value is -2.96. The number of halogens is 4. The molecule has 4 N–H and O–H groups in total. The smallest absolute Gasteiger partial charge is 0.395 e. The summed E-state index contributed by atoms with van der Waals surface area (Å²) in [6.45, 7) is 3.59. The molecule has 2 heterocycles. The van der Waals surface area contributed by atoms with Crippen LogP contribution >= 0.6 is 22.9 Å². The Labute approximate surface area is 214 Å². The third-order valence-corrected chi connectivity index (χ3v) is 6.71. The van der Waals surface area contributed by atoms with E-state index < -0.39 is 29.4 Å². The molecule has 194 valence electrons. The zero-order valence-corrected chi connectivity index (χ0v) is 21.3. The van der Waals surface area contributed by atoms with Gasteiger partial charge in [-0.1, -0.05) is 11.6 Å². The van der Waals surface area contributed by atoms with Crippen molar-refractivity contribution >= 4 is 51.3 Å². The van der Waals surface area contributed by atoms with Gasteiger partial charge in [0.05, 0.1) is 16.7 Å². The Morgan fingerprint density at radius 1 is 1.39 bits per heavy atom. The molecule has 0 bridgehead atoms. The molecule has 0 saturated carbocycles. The van der Waals surface area contributed by atoms with Gasteiger partial charge in [-0.05, 0) is 50.5 Å². The van der Waals surface area contributed by atoms with E-state index in [4.69, 9.17) is 22.1 Å². The Kier molecular flexibility index (Phi) is 8.75. The number of pyridine rings is 1. The summed E-state index contributed by atoms with van der Waals surface area (Å²) >= 11 is 7.21. The zero-order chi connectivity index (χ0) is 26.6. The topological polar surface area (TPSA) is 119 Å². The van der Waals surface area contributed by atoms with E-state index >= 15 is 0 Å². The minimum absolute atomic E-state index is 0.0241. The number of amides is 2. The molecule has 1 atom stereocenters. The van der Waals surface area contributed by atoms with Gasteiger partial charge in [0.25, 0.3) is 11.8 Å². The first kappa shape index (κ1) is 27.6. The molecule has 2 aromatic heterocycles. The van der Waals surface area contributed by atoms with Crippen LogP contribution in [0.4, 0.5) is 24.0 Å². The number of carbonyl (C=O) groups excluding carboxylic acids is 2. The Balaban J connectivity index is 2.05. The number of hydrogen-bond acceptors (Lipinski definition) is 7. The highest BCUT2D eigenvalue weighted by Crippen LogP contribution is 2.39. The molecule has 2 aromatic rings. The Morgan fingerprint density at radius 3 is 2.72 bits per heavy atom. The average Bonchev–Trinajstić information content (AvgIpc) is 3.15. The number of aliphatic imine (C=N–C) groups is 1. The van der Waals surface area contributed by atoms with Crippen LogP contribution in [0, 0.1) is 0 Å². The van der Waals surface area contributed by atoms with Crippen LogP contribution in [-0.2, 0) is 22.4 Å². The fourth-order valence-electron chi connectivity index (χ4n) is 3.54. The van der Waals surface area contributed by atoms with Gasteiger partial charge in [-0.25, -0.2) is 9.98 Å². The molecule has 3 rings (SSSR count). The fraction of sp³-hybridized carbons (Fsp3) is 0.391. The number of nitrogens with one attached hydrogen (secondary N) is 2. The molecular weight excluding hydrogens is 519 g/mol. The highest BCUT2D eigenvalue weighted by molar-refractivity contribution is 7.17. The minimum Gasteiger partial charge on any atom is -0.395 e. The number of nitrogens with two attached hydrogens (primary N) is 1. The number of ether oxygens (including phenoxy) is 1. The van der Waals surface area contributed by atoms with Gasteiger partial charge in [0, 0.05) is 30.6 Å². The van der Waals surface area contributed by atoms with Gasteiger partial charge in [-0.3, -0.25) is 9.59 Å². The predicted molar refractivity (Wildman–Crippen MR) is 133 cm³/mol. The maximum absolute atomic E-state index is 13.2. The number of methoxy groups -OCH3 is 1. The van der Waals surface area contributed by atoms with Crippen LogP contribution in [0.15, 0.2) is 35.1 Å². The highest BCUT2D eigenvalue weighted by atomic mass is 35.5. The van der Waals surface area contributed by atoms with Gasteiger partial charge in [-0.15, -0.1) is 11.3 Å². The summed E-state index contributed by atoms with van der Waals surface area (Å²) in [6.07, 6.45) is -1.43. The number of rotatable bonds is 7. The molecule has 0 spiro atoms. The number of alkyl halides is 3. The van der Waals surface area contributed by atoms with Crippen molar-refractivity contribution in [3.8, 4) is 0 Å². The molecule has 0 radical (unpaired) electrons. The van der Waals surface area contributed by atoms with E-state index in [-0.39, 0.29) is 33.6 Å². The summed E-state index contributed by atoms with van der Waals surface area (Å²) in [7, 11) is 1.60. The summed E-state index contributed by atoms with van der Waals surface area (Å²) in [5.74, 6) is -1.57. The van der Waals surface area contributed by atoms with Gasteiger partial charge >= 0.3 is 6.18 Å². The molecule has 1 unspecified atom stereocenters. The van der Waals surface area contributed by atoms with Gasteiger partial charge in [-0.2, -0.15) is 13.2 Å². The quantitative estimate of drug-likeness (QED) is 0.443. The SMILES string of the molecule is COC1CCc2c(sc(NC(=O)C(C=C(N)C(F)(F)F)=Nc3ncccc3Cl)c2C(=O)NC(C)C)C1. The number of allylic oxidation sites excluding steroid dienone is 1. The Bertz CT molecular complexity index is 1210. The predicted octanol–water partition coefficient (Wildman–Crippen LogP) is 4.55. The van der Waals surface area contributed by atoms with Crippen molar-refractivity contribution in [2.45, 2.75) is 51.4 Å².